The Balaban J connectivity index is 0.000000123. The maximum absolute atomic E-state index is 11.3. The Morgan fingerprint density at radius 3 is 1.22 bits per heavy atom. The predicted octanol–water partition coefficient (Wildman–Crippen LogP) is 4.18. The number of rotatable bonds is 1. The second-order valence-electron chi connectivity index (χ2n) is 14.7. The third kappa shape index (κ3) is 3.66. The molecule has 0 aromatic rings. The summed E-state index contributed by atoms with van der Waals surface area (Å²) in [5.74, 6) is 4.46. The van der Waals surface area contributed by atoms with Gasteiger partial charge >= 0.3 is 5.97 Å². The lowest BCUT2D eigenvalue weighted by molar-refractivity contribution is -0.376. The molecule has 2 spiro atoms. The van der Waals surface area contributed by atoms with Crippen LogP contribution < -0.4 is 5.73 Å². The molecule has 10 fully saturated rings. The van der Waals surface area contributed by atoms with Crippen LogP contribution in [0.1, 0.15) is 78.1 Å². The summed E-state index contributed by atoms with van der Waals surface area (Å²) in [7, 11) is 0. The molecule has 8 saturated carbocycles. The molecule has 0 unspecified atom stereocenters. The monoisotopic (exact) mass is 503 g/mol. The van der Waals surface area contributed by atoms with Crippen LogP contribution in [0.25, 0.3) is 0 Å². The maximum Gasteiger partial charge on any atom is 0.314 e. The van der Waals surface area contributed by atoms with E-state index in [4.69, 9.17) is 24.7 Å². The lowest BCUT2D eigenvalue weighted by Gasteiger charge is -2.62. The van der Waals surface area contributed by atoms with Gasteiger partial charge in [-0.1, -0.05) is 0 Å². The van der Waals surface area contributed by atoms with Crippen molar-refractivity contribution in [3.05, 3.63) is 0 Å². The Hall–Kier alpha value is -0.730. The molecule has 7 heteroatoms. The van der Waals surface area contributed by atoms with Crippen molar-refractivity contribution < 1.29 is 28.8 Å². The fourth-order valence-corrected chi connectivity index (χ4v) is 10.0. The van der Waals surface area contributed by atoms with E-state index >= 15 is 0 Å². The fourth-order valence-electron chi connectivity index (χ4n) is 10.0. The van der Waals surface area contributed by atoms with Gasteiger partial charge in [0.15, 0.2) is 11.6 Å². The first kappa shape index (κ1) is 24.3. The molecule has 10 rings (SSSR count). The molecule has 0 aromatic carbocycles. The highest BCUT2D eigenvalue weighted by Gasteiger charge is 2.63. The Bertz CT molecular complexity index is 822. The van der Waals surface area contributed by atoms with Crippen LogP contribution in [0.4, 0.5) is 0 Å². The Morgan fingerprint density at radius 2 is 0.917 bits per heavy atom. The van der Waals surface area contributed by atoms with E-state index in [-0.39, 0.29) is 11.3 Å². The first-order valence-electron chi connectivity index (χ1n) is 14.7. The molecule has 10 aliphatic rings. The SMILES string of the molecule is CC1(C(=O)O)COC2(OC1)C1CC3CC(C1)CC2C3.CC1(N)COC2(OC1)C1CC3CC(C1)CC2C3. The van der Waals surface area contributed by atoms with Gasteiger partial charge in [0.1, 0.15) is 5.41 Å². The lowest BCUT2D eigenvalue weighted by atomic mass is 9.53. The van der Waals surface area contributed by atoms with E-state index in [0.717, 1.165) is 23.7 Å². The van der Waals surface area contributed by atoms with E-state index in [9.17, 15) is 9.90 Å². The van der Waals surface area contributed by atoms with Gasteiger partial charge in [-0.15, -0.1) is 0 Å². The van der Waals surface area contributed by atoms with Crippen LogP contribution in [-0.2, 0) is 23.7 Å². The van der Waals surface area contributed by atoms with Crippen LogP contribution in [0.3, 0.4) is 0 Å². The van der Waals surface area contributed by atoms with Crippen LogP contribution in [-0.4, -0.2) is 54.6 Å². The van der Waals surface area contributed by atoms with E-state index in [1.807, 2.05) is 6.92 Å². The molecule has 0 amide bonds. The minimum absolute atomic E-state index is 0.244. The first-order valence-corrected chi connectivity index (χ1v) is 14.7. The van der Waals surface area contributed by atoms with Crippen molar-refractivity contribution in [2.45, 2.75) is 95.2 Å². The second-order valence-corrected chi connectivity index (χ2v) is 14.7. The van der Waals surface area contributed by atoms with Crippen LogP contribution in [0, 0.1) is 52.8 Å². The van der Waals surface area contributed by atoms with E-state index < -0.39 is 17.2 Å². The molecule has 202 valence electrons. The Kier molecular flexibility index (Phi) is 5.50. The normalized spacial score (nSPS) is 58.2. The summed E-state index contributed by atoms with van der Waals surface area (Å²) < 4.78 is 24.7. The zero-order valence-electron chi connectivity index (χ0n) is 22.1. The minimum Gasteiger partial charge on any atom is -0.481 e. The number of nitrogens with two attached hydrogens (primary N) is 1. The van der Waals surface area contributed by atoms with Crippen molar-refractivity contribution >= 4 is 5.97 Å². The number of hydrogen-bond acceptors (Lipinski definition) is 6. The van der Waals surface area contributed by atoms with E-state index in [1.165, 1.54) is 64.2 Å². The highest BCUT2D eigenvalue weighted by atomic mass is 16.7. The average molecular weight is 504 g/mol. The summed E-state index contributed by atoms with van der Waals surface area (Å²) in [5.41, 5.74) is 4.94. The molecular weight excluding hydrogens is 458 g/mol. The summed E-state index contributed by atoms with van der Waals surface area (Å²) >= 11 is 0. The largest absolute Gasteiger partial charge is 0.481 e. The van der Waals surface area contributed by atoms with Gasteiger partial charge in [0.25, 0.3) is 0 Å². The van der Waals surface area contributed by atoms with Crippen molar-refractivity contribution in [3.63, 3.8) is 0 Å². The molecule has 8 aliphatic carbocycles. The molecule has 7 nitrogen and oxygen atoms in total. The molecule has 8 bridgehead atoms. The highest BCUT2D eigenvalue weighted by Crippen LogP contribution is 2.62. The van der Waals surface area contributed by atoms with Crippen molar-refractivity contribution in [1.29, 1.82) is 0 Å². The Labute approximate surface area is 215 Å². The molecule has 36 heavy (non-hydrogen) atoms. The van der Waals surface area contributed by atoms with Crippen molar-refractivity contribution in [3.8, 4) is 0 Å². The minimum atomic E-state index is -0.875. The molecule has 0 radical (unpaired) electrons. The van der Waals surface area contributed by atoms with E-state index in [1.54, 1.807) is 6.92 Å². The maximum atomic E-state index is 11.3. The molecule has 2 heterocycles. The number of carbonyl (C=O) groups is 1. The quantitative estimate of drug-likeness (QED) is 0.554. The highest BCUT2D eigenvalue weighted by molar-refractivity contribution is 5.74. The van der Waals surface area contributed by atoms with Gasteiger partial charge in [0.2, 0.25) is 0 Å². The molecule has 3 N–H and O–H groups in total. The standard InChI is InChI=1S/C15H22O4.C14H23NO2/c1-14(13(16)17)7-18-15(19-8-14)11-3-9-2-10(5-11)6-12(15)4-9;1-13(15)7-16-14(17-8-13)11-3-9-2-10(5-11)6-12(14)4-9/h9-12H,2-8H2,1H3,(H,16,17);9-12H,2-8,15H2,1H3. The van der Waals surface area contributed by atoms with E-state index in [2.05, 4.69) is 0 Å². The topological polar surface area (TPSA) is 100 Å². The van der Waals surface area contributed by atoms with Crippen molar-refractivity contribution in [2.24, 2.45) is 58.5 Å². The van der Waals surface area contributed by atoms with Crippen LogP contribution in [0.15, 0.2) is 0 Å². The van der Waals surface area contributed by atoms with Gasteiger partial charge < -0.3 is 29.8 Å². The lowest BCUT2D eigenvalue weighted by Crippen LogP contribution is -2.66. The molecular formula is C29H45NO6. The second kappa shape index (κ2) is 8.14. The number of hydrogen-bond donors (Lipinski definition) is 2. The average Bonchev–Trinajstić information content (AvgIpc) is 2.83. The van der Waals surface area contributed by atoms with Crippen LogP contribution >= 0.6 is 0 Å². The summed E-state index contributed by atoms with van der Waals surface area (Å²) in [6.45, 7) is 5.66. The van der Waals surface area contributed by atoms with Crippen LogP contribution in [0.2, 0.25) is 0 Å². The van der Waals surface area contributed by atoms with Gasteiger partial charge in [0.05, 0.1) is 32.0 Å². The molecule has 2 saturated heterocycles. The van der Waals surface area contributed by atoms with Crippen molar-refractivity contribution in [1.82, 2.24) is 0 Å². The number of aliphatic carboxylic acids is 1. The summed E-state index contributed by atoms with van der Waals surface area (Å²) in [6.07, 6.45) is 13.1. The van der Waals surface area contributed by atoms with E-state index in [0.29, 0.717) is 50.1 Å². The van der Waals surface area contributed by atoms with Gasteiger partial charge in [-0.2, -0.15) is 0 Å². The Morgan fingerprint density at radius 1 is 0.611 bits per heavy atom. The smallest absolute Gasteiger partial charge is 0.314 e. The molecule has 2 aliphatic heterocycles. The molecule has 0 atom stereocenters. The van der Waals surface area contributed by atoms with Gasteiger partial charge in [-0.3, -0.25) is 4.79 Å². The van der Waals surface area contributed by atoms with Crippen LogP contribution in [0.5, 0.6) is 0 Å². The first-order chi connectivity index (χ1) is 17.1. The zero-order valence-corrected chi connectivity index (χ0v) is 22.1. The zero-order chi connectivity index (χ0) is 24.9. The third-order valence-corrected chi connectivity index (χ3v) is 11.6. The fraction of sp³-hybridized carbons (Fsp3) is 0.966. The number of carboxylic acids is 1. The van der Waals surface area contributed by atoms with Crippen molar-refractivity contribution in [2.75, 3.05) is 26.4 Å². The van der Waals surface area contributed by atoms with Gasteiger partial charge in [-0.05, 0) is 102 Å². The van der Waals surface area contributed by atoms with Gasteiger partial charge in [0, 0.05) is 23.7 Å². The molecule has 0 aromatic heterocycles. The summed E-state index contributed by atoms with van der Waals surface area (Å²) in [4.78, 5) is 11.3. The van der Waals surface area contributed by atoms with Gasteiger partial charge in [-0.25, -0.2) is 0 Å². The summed E-state index contributed by atoms with van der Waals surface area (Å²) in [5, 5.41) is 9.28. The summed E-state index contributed by atoms with van der Waals surface area (Å²) in [6, 6.07) is 0. The number of carboxylic acid groups (broad SMARTS) is 1. The predicted molar refractivity (Wildman–Crippen MR) is 132 cm³/mol. The number of ether oxygens (including phenoxy) is 4. The third-order valence-electron chi connectivity index (χ3n) is 11.6.